The summed E-state index contributed by atoms with van der Waals surface area (Å²) in [6.07, 6.45) is 3.87. The summed E-state index contributed by atoms with van der Waals surface area (Å²) < 4.78 is 10.8. The third-order valence-electron chi connectivity index (χ3n) is 8.22. The highest BCUT2D eigenvalue weighted by Gasteiger charge is 2.67. The van der Waals surface area contributed by atoms with Crippen molar-refractivity contribution in [2.75, 3.05) is 26.8 Å². The minimum atomic E-state index is -1.07. The molecule has 1 aromatic carbocycles. The van der Waals surface area contributed by atoms with Crippen LogP contribution < -0.4 is 4.74 Å². The van der Waals surface area contributed by atoms with Crippen LogP contribution in [-0.4, -0.2) is 65.6 Å². The van der Waals surface area contributed by atoms with Crippen LogP contribution in [0.3, 0.4) is 0 Å². The summed E-state index contributed by atoms with van der Waals surface area (Å²) in [4.78, 5) is 15.1. The highest BCUT2D eigenvalue weighted by molar-refractivity contribution is 5.74. The van der Waals surface area contributed by atoms with E-state index >= 15 is 0 Å². The van der Waals surface area contributed by atoms with Gasteiger partial charge < -0.3 is 19.7 Å². The summed E-state index contributed by atoms with van der Waals surface area (Å²) in [5.41, 5.74) is 0.680. The van der Waals surface area contributed by atoms with Gasteiger partial charge in [0.05, 0.1) is 31.3 Å². The molecule has 5 rings (SSSR count). The van der Waals surface area contributed by atoms with Gasteiger partial charge in [0.1, 0.15) is 5.75 Å². The molecule has 5 atom stereocenters. The van der Waals surface area contributed by atoms with Gasteiger partial charge in [-0.2, -0.15) is 0 Å². The van der Waals surface area contributed by atoms with Gasteiger partial charge in [-0.1, -0.05) is 6.07 Å². The molecule has 164 valence electrons. The van der Waals surface area contributed by atoms with E-state index in [4.69, 9.17) is 9.47 Å². The number of methoxy groups -OCH3 is 1. The minimum Gasteiger partial charge on any atom is -0.497 e. The first-order chi connectivity index (χ1) is 14.4. The Labute approximate surface area is 178 Å². The van der Waals surface area contributed by atoms with Crippen LogP contribution in [0, 0.1) is 11.8 Å². The first-order valence-corrected chi connectivity index (χ1v) is 11.4. The molecule has 2 bridgehead atoms. The Balaban J connectivity index is 1.60. The number of aliphatic hydroxyl groups excluding tert-OH is 1. The van der Waals surface area contributed by atoms with Gasteiger partial charge in [-0.3, -0.25) is 9.69 Å². The van der Waals surface area contributed by atoms with Crippen LogP contribution in [0.5, 0.6) is 5.75 Å². The molecule has 2 saturated carbocycles. The highest BCUT2D eigenvalue weighted by Crippen LogP contribution is 2.60. The second kappa shape index (κ2) is 7.21. The molecule has 4 aliphatic rings. The number of rotatable bonds is 5. The standard InChI is InChI=1S/C24H33NO5/c1-3-30-22(27)18-12-24(28)21-10-16-6-7-17(29-2)11-19(16)23(24,13-20(18)26)8-9-25(21)14-15-4-5-15/h6-7,11,15,18,20-21,26,28H,3-5,8-10,12-14H2,1-2H3. The Hall–Kier alpha value is -1.63. The van der Waals surface area contributed by atoms with Gasteiger partial charge >= 0.3 is 5.97 Å². The maximum atomic E-state index is 12.6. The van der Waals surface area contributed by atoms with E-state index in [-0.39, 0.29) is 19.1 Å². The van der Waals surface area contributed by atoms with E-state index in [2.05, 4.69) is 11.0 Å². The van der Waals surface area contributed by atoms with E-state index in [1.807, 2.05) is 12.1 Å². The van der Waals surface area contributed by atoms with Gasteiger partial charge in [0.25, 0.3) is 0 Å². The van der Waals surface area contributed by atoms with Crippen LogP contribution >= 0.6 is 0 Å². The fraction of sp³-hybridized carbons (Fsp3) is 0.708. The summed E-state index contributed by atoms with van der Waals surface area (Å²) >= 11 is 0. The number of nitrogens with zero attached hydrogens (tertiary/aromatic N) is 1. The zero-order valence-electron chi connectivity index (χ0n) is 18.0. The van der Waals surface area contributed by atoms with Crippen molar-refractivity contribution in [3.63, 3.8) is 0 Å². The lowest BCUT2D eigenvalue weighted by Crippen LogP contribution is -2.75. The van der Waals surface area contributed by atoms with Gasteiger partial charge in [0.2, 0.25) is 0 Å². The Morgan fingerprint density at radius 2 is 2.10 bits per heavy atom. The van der Waals surface area contributed by atoms with Gasteiger partial charge in [0, 0.05) is 18.0 Å². The average Bonchev–Trinajstić information content (AvgIpc) is 3.54. The van der Waals surface area contributed by atoms with Crippen LogP contribution in [-0.2, 0) is 21.4 Å². The third-order valence-corrected chi connectivity index (χ3v) is 8.22. The number of hydrogen-bond donors (Lipinski definition) is 2. The van der Waals surface area contributed by atoms with Gasteiger partial charge in [0.15, 0.2) is 0 Å². The molecule has 3 fully saturated rings. The number of likely N-dealkylation sites (tertiary alicyclic amines) is 1. The monoisotopic (exact) mass is 415 g/mol. The fourth-order valence-electron chi connectivity index (χ4n) is 6.54. The summed E-state index contributed by atoms with van der Waals surface area (Å²) in [6.45, 7) is 3.99. The van der Waals surface area contributed by atoms with Crippen molar-refractivity contribution < 1.29 is 24.5 Å². The average molecular weight is 416 g/mol. The lowest BCUT2D eigenvalue weighted by atomic mass is 9.47. The van der Waals surface area contributed by atoms with Gasteiger partial charge in [-0.15, -0.1) is 0 Å². The third kappa shape index (κ3) is 2.91. The van der Waals surface area contributed by atoms with E-state index in [0.717, 1.165) is 43.2 Å². The van der Waals surface area contributed by atoms with Crippen LogP contribution in [0.1, 0.15) is 50.2 Å². The molecule has 5 unspecified atom stereocenters. The van der Waals surface area contributed by atoms with E-state index in [1.54, 1.807) is 14.0 Å². The van der Waals surface area contributed by atoms with E-state index < -0.39 is 29.0 Å². The molecule has 0 radical (unpaired) electrons. The van der Waals surface area contributed by atoms with E-state index in [0.29, 0.717) is 6.42 Å². The summed E-state index contributed by atoms with van der Waals surface area (Å²) in [6, 6.07) is 6.11. The molecule has 1 aliphatic heterocycles. The number of carbonyl (C=O) groups excluding carboxylic acids is 1. The molecule has 6 nitrogen and oxygen atoms in total. The summed E-state index contributed by atoms with van der Waals surface area (Å²) in [5, 5.41) is 23.4. The number of piperidine rings is 1. The Morgan fingerprint density at radius 1 is 1.30 bits per heavy atom. The number of fused-ring (bicyclic) bond motifs is 1. The van der Waals surface area contributed by atoms with Crippen molar-refractivity contribution in [3.05, 3.63) is 29.3 Å². The second-order valence-corrected chi connectivity index (χ2v) is 9.77. The first kappa shape index (κ1) is 20.3. The van der Waals surface area contributed by atoms with Crippen molar-refractivity contribution in [3.8, 4) is 5.75 Å². The Kier molecular flexibility index (Phi) is 4.88. The second-order valence-electron chi connectivity index (χ2n) is 9.77. The molecule has 1 saturated heterocycles. The topological polar surface area (TPSA) is 79.2 Å². The summed E-state index contributed by atoms with van der Waals surface area (Å²) in [5.74, 6) is 0.426. The molecule has 0 aromatic heterocycles. The van der Waals surface area contributed by atoms with Crippen LogP contribution in [0.4, 0.5) is 0 Å². The maximum Gasteiger partial charge on any atom is 0.311 e. The van der Waals surface area contributed by atoms with Crippen molar-refractivity contribution in [1.29, 1.82) is 0 Å². The normalized spacial score (nSPS) is 37.8. The molecule has 6 heteroatoms. The quantitative estimate of drug-likeness (QED) is 0.717. The van der Waals surface area contributed by atoms with Crippen LogP contribution in [0.25, 0.3) is 0 Å². The molecule has 1 heterocycles. The number of hydrogen-bond acceptors (Lipinski definition) is 6. The van der Waals surface area contributed by atoms with Crippen molar-refractivity contribution in [1.82, 2.24) is 4.90 Å². The maximum absolute atomic E-state index is 12.6. The van der Waals surface area contributed by atoms with Gasteiger partial charge in [-0.25, -0.2) is 0 Å². The number of ether oxygens (including phenoxy) is 2. The van der Waals surface area contributed by atoms with Crippen molar-refractivity contribution in [2.45, 2.75) is 68.6 Å². The number of benzene rings is 1. The zero-order chi connectivity index (χ0) is 21.1. The SMILES string of the molecule is CCOC(=O)C1CC2(O)C3Cc4ccc(OC)cc4C2(CCN3CC2CC2)CC1O. The molecule has 1 aromatic rings. The van der Waals surface area contributed by atoms with Crippen LogP contribution in [0.2, 0.25) is 0 Å². The molecular formula is C24H33NO5. The molecule has 0 amide bonds. The minimum absolute atomic E-state index is 0.0443. The lowest BCUT2D eigenvalue weighted by Gasteiger charge is -2.65. The number of esters is 1. The molecule has 3 aliphatic carbocycles. The highest BCUT2D eigenvalue weighted by atomic mass is 16.5. The first-order valence-electron chi connectivity index (χ1n) is 11.4. The molecule has 30 heavy (non-hydrogen) atoms. The largest absolute Gasteiger partial charge is 0.497 e. The summed E-state index contributed by atoms with van der Waals surface area (Å²) in [7, 11) is 1.65. The van der Waals surface area contributed by atoms with Gasteiger partial charge in [-0.05, 0) is 81.2 Å². The Bertz CT molecular complexity index is 839. The molecular weight excluding hydrogens is 382 g/mol. The molecule has 0 spiro atoms. The van der Waals surface area contributed by atoms with Crippen molar-refractivity contribution >= 4 is 5.97 Å². The number of aliphatic hydroxyl groups is 2. The zero-order valence-corrected chi connectivity index (χ0v) is 18.0. The predicted octanol–water partition coefficient (Wildman–Crippen LogP) is 2.04. The fourth-order valence-corrected chi connectivity index (χ4v) is 6.54. The molecule has 2 N–H and O–H groups in total. The predicted molar refractivity (Wildman–Crippen MR) is 111 cm³/mol. The van der Waals surface area contributed by atoms with Crippen LogP contribution in [0.15, 0.2) is 18.2 Å². The number of carbonyl (C=O) groups is 1. The Morgan fingerprint density at radius 3 is 2.80 bits per heavy atom. The lowest BCUT2D eigenvalue weighted by molar-refractivity contribution is -0.205. The van der Waals surface area contributed by atoms with E-state index in [9.17, 15) is 15.0 Å². The van der Waals surface area contributed by atoms with E-state index in [1.165, 1.54) is 18.4 Å². The smallest absolute Gasteiger partial charge is 0.311 e. The van der Waals surface area contributed by atoms with Crippen molar-refractivity contribution in [2.24, 2.45) is 11.8 Å².